The van der Waals surface area contributed by atoms with E-state index < -0.39 is 11.8 Å². The Morgan fingerprint density at radius 3 is 2.34 bits per heavy atom. The third-order valence-electron chi connectivity index (χ3n) is 8.25. The van der Waals surface area contributed by atoms with Gasteiger partial charge in [-0.2, -0.15) is 0 Å². The Morgan fingerprint density at radius 1 is 0.951 bits per heavy atom. The summed E-state index contributed by atoms with van der Waals surface area (Å²) >= 11 is 0. The summed E-state index contributed by atoms with van der Waals surface area (Å²) in [6, 6.07) is 21.5. The van der Waals surface area contributed by atoms with Crippen molar-refractivity contribution >= 4 is 11.8 Å². The molecule has 41 heavy (non-hydrogen) atoms. The minimum atomic E-state index is -0.641. The van der Waals surface area contributed by atoms with E-state index in [2.05, 4.69) is 21.9 Å². The first-order valence-electron chi connectivity index (χ1n) is 14.1. The number of nitrogens with zero attached hydrogens (tertiary/aromatic N) is 4. The summed E-state index contributed by atoms with van der Waals surface area (Å²) in [6.07, 6.45) is 0.860. The van der Waals surface area contributed by atoms with Crippen molar-refractivity contribution < 1.29 is 19.1 Å². The van der Waals surface area contributed by atoms with E-state index in [0.29, 0.717) is 38.0 Å². The normalized spacial score (nSPS) is 19.6. The highest BCUT2D eigenvalue weighted by Crippen LogP contribution is 2.34. The maximum absolute atomic E-state index is 13.7. The van der Waals surface area contributed by atoms with Crippen LogP contribution in [0.2, 0.25) is 0 Å². The van der Waals surface area contributed by atoms with Crippen LogP contribution in [-0.2, 0) is 11.3 Å². The number of nitroso groups, excluding NO2 is 1. The average molecular weight is 559 g/mol. The molecule has 0 aliphatic carbocycles. The monoisotopic (exact) mass is 558 g/mol. The number of amides is 2. The minimum Gasteiger partial charge on any atom is -0.508 e. The van der Waals surface area contributed by atoms with Crippen LogP contribution in [0, 0.1) is 16.6 Å². The van der Waals surface area contributed by atoms with Crippen LogP contribution in [0.5, 0.6) is 5.75 Å². The second-order valence-electron chi connectivity index (χ2n) is 11.1. The first-order valence-corrected chi connectivity index (χ1v) is 14.1. The molecule has 5 rings (SSSR count). The zero-order valence-corrected chi connectivity index (χ0v) is 23.2. The molecule has 9 heteroatoms. The van der Waals surface area contributed by atoms with Crippen molar-refractivity contribution in [2.45, 2.75) is 38.4 Å². The van der Waals surface area contributed by atoms with Crippen molar-refractivity contribution in [3.63, 3.8) is 0 Å². The molecular weight excluding hydrogens is 523 g/mol. The molecule has 2 atom stereocenters. The summed E-state index contributed by atoms with van der Waals surface area (Å²) in [4.78, 5) is 42.2. The van der Waals surface area contributed by atoms with Gasteiger partial charge in [-0.25, -0.2) is 4.39 Å². The molecule has 2 aliphatic rings. The molecular formula is C32H35FN4O4. The summed E-state index contributed by atoms with van der Waals surface area (Å²) < 4.78 is 13.7. The van der Waals surface area contributed by atoms with E-state index in [1.807, 2.05) is 36.4 Å². The Balaban J connectivity index is 1.36. The quantitative estimate of drug-likeness (QED) is 0.412. The summed E-state index contributed by atoms with van der Waals surface area (Å²) in [5.74, 6) is -1.22. The van der Waals surface area contributed by atoms with Crippen molar-refractivity contribution in [1.29, 1.82) is 0 Å². The molecule has 214 valence electrons. The van der Waals surface area contributed by atoms with E-state index in [4.69, 9.17) is 0 Å². The Labute approximate surface area is 239 Å². The smallest absolute Gasteiger partial charge is 0.289 e. The maximum atomic E-state index is 13.7. The number of halogens is 1. The Hall–Kier alpha value is -3.95. The minimum absolute atomic E-state index is 0.112. The second kappa shape index (κ2) is 12.7. The highest BCUT2D eigenvalue weighted by Gasteiger charge is 2.33. The Kier molecular flexibility index (Phi) is 8.85. The zero-order chi connectivity index (χ0) is 28.9. The number of rotatable bonds is 7. The predicted molar refractivity (Wildman–Crippen MR) is 154 cm³/mol. The van der Waals surface area contributed by atoms with Gasteiger partial charge in [0.25, 0.3) is 11.8 Å². The number of aromatic hydroxyl groups is 1. The van der Waals surface area contributed by atoms with Gasteiger partial charge in [0, 0.05) is 62.0 Å². The van der Waals surface area contributed by atoms with Gasteiger partial charge >= 0.3 is 0 Å². The molecule has 2 fully saturated rings. The molecule has 2 heterocycles. The van der Waals surface area contributed by atoms with Gasteiger partial charge in [-0.05, 0) is 72.9 Å². The first kappa shape index (κ1) is 28.6. The van der Waals surface area contributed by atoms with E-state index in [9.17, 15) is 24.0 Å². The number of hydrogen-bond donors (Lipinski definition) is 1. The van der Waals surface area contributed by atoms with Gasteiger partial charge in [-0.15, -0.1) is 4.91 Å². The molecule has 0 spiro atoms. The third-order valence-corrected chi connectivity index (χ3v) is 8.25. The first-order chi connectivity index (χ1) is 19.8. The van der Waals surface area contributed by atoms with Gasteiger partial charge in [0.15, 0.2) is 0 Å². The van der Waals surface area contributed by atoms with Crippen molar-refractivity contribution in [2.75, 3.05) is 32.7 Å². The lowest BCUT2D eigenvalue weighted by Crippen LogP contribution is -2.52. The van der Waals surface area contributed by atoms with Gasteiger partial charge in [-0.1, -0.05) is 36.4 Å². The van der Waals surface area contributed by atoms with Crippen molar-refractivity contribution in [2.24, 2.45) is 11.1 Å². The molecule has 3 aromatic rings. The molecule has 2 saturated heterocycles. The van der Waals surface area contributed by atoms with E-state index in [0.717, 1.165) is 36.3 Å². The highest BCUT2D eigenvalue weighted by atomic mass is 19.1. The molecule has 1 N–H and O–H groups in total. The predicted octanol–water partition coefficient (Wildman–Crippen LogP) is 4.97. The topological polar surface area (TPSA) is 93.5 Å². The number of carbonyl (C=O) groups excluding carboxylic acids is 2. The number of phenols is 1. The fourth-order valence-corrected chi connectivity index (χ4v) is 6.17. The standard InChI is InChI=1S/C32H35FN4O4/c1-22-20-35(21-23-5-2-9-28(33)17-23)15-16-37(22)30(26-7-4-10-29(38)19-26)25-6-3-8-27(18-25)32(40)36-13-11-24(12-14-36)31(39)34-41/h2-10,17-19,22,24,30,38H,11-16,20-21H2,1H3. The Bertz CT molecular complexity index is 1410. The fraction of sp³-hybridized carbons (Fsp3) is 0.375. The van der Waals surface area contributed by atoms with Crippen molar-refractivity contribution in [3.8, 4) is 5.75 Å². The number of hydrogen-bond acceptors (Lipinski definition) is 6. The molecule has 2 unspecified atom stereocenters. The number of carbonyl (C=O) groups is 2. The van der Waals surface area contributed by atoms with Crippen LogP contribution in [0.25, 0.3) is 0 Å². The molecule has 0 radical (unpaired) electrons. The molecule has 2 amide bonds. The van der Waals surface area contributed by atoms with E-state index >= 15 is 0 Å². The van der Waals surface area contributed by atoms with Gasteiger partial charge < -0.3 is 10.0 Å². The number of piperidine rings is 1. The van der Waals surface area contributed by atoms with Crippen LogP contribution >= 0.6 is 0 Å². The lowest BCUT2D eigenvalue weighted by molar-refractivity contribution is -0.122. The zero-order valence-electron chi connectivity index (χ0n) is 23.2. The summed E-state index contributed by atoms with van der Waals surface area (Å²) in [5, 5.41) is 12.9. The van der Waals surface area contributed by atoms with Gasteiger partial charge in [0.2, 0.25) is 0 Å². The lowest BCUT2D eigenvalue weighted by Gasteiger charge is -2.44. The van der Waals surface area contributed by atoms with Crippen LogP contribution in [0.3, 0.4) is 0 Å². The molecule has 0 bridgehead atoms. The van der Waals surface area contributed by atoms with Gasteiger partial charge in [0.05, 0.1) is 6.04 Å². The highest BCUT2D eigenvalue weighted by molar-refractivity contribution is 5.94. The summed E-state index contributed by atoms with van der Waals surface area (Å²) in [6.45, 7) is 5.96. The SMILES string of the molecule is CC1CN(Cc2cccc(F)c2)CCN1C(c1cccc(O)c1)c1cccc(C(=O)N2CCC(C(=O)N=O)CC2)c1. The Morgan fingerprint density at radius 2 is 1.66 bits per heavy atom. The average Bonchev–Trinajstić information content (AvgIpc) is 2.98. The summed E-state index contributed by atoms with van der Waals surface area (Å²) in [5.41, 5.74) is 3.38. The molecule has 0 saturated carbocycles. The van der Waals surface area contributed by atoms with Crippen LogP contribution < -0.4 is 0 Å². The lowest BCUT2D eigenvalue weighted by atomic mass is 9.92. The van der Waals surface area contributed by atoms with E-state index in [-0.39, 0.29) is 29.6 Å². The summed E-state index contributed by atoms with van der Waals surface area (Å²) in [7, 11) is 0. The van der Waals surface area contributed by atoms with Crippen LogP contribution in [0.15, 0.2) is 78.0 Å². The van der Waals surface area contributed by atoms with Crippen molar-refractivity contribution in [3.05, 3.63) is 106 Å². The van der Waals surface area contributed by atoms with E-state index in [1.165, 1.54) is 6.07 Å². The van der Waals surface area contributed by atoms with Gasteiger partial charge in [-0.3, -0.25) is 19.4 Å². The number of phenolic OH excluding ortho intramolecular Hbond substituents is 1. The molecule has 2 aliphatic heterocycles. The molecule has 3 aromatic carbocycles. The molecule has 8 nitrogen and oxygen atoms in total. The van der Waals surface area contributed by atoms with Crippen LogP contribution in [0.4, 0.5) is 4.39 Å². The largest absolute Gasteiger partial charge is 0.508 e. The third kappa shape index (κ3) is 6.69. The van der Waals surface area contributed by atoms with Crippen LogP contribution in [-0.4, -0.2) is 70.4 Å². The van der Waals surface area contributed by atoms with E-state index in [1.54, 1.807) is 35.2 Å². The fourth-order valence-electron chi connectivity index (χ4n) is 6.17. The maximum Gasteiger partial charge on any atom is 0.289 e. The number of likely N-dealkylation sites (tertiary alicyclic amines) is 1. The van der Waals surface area contributed by atoms with Crippen LogP contribution in [0.1, 0.15) is 52.9 Å². The van der Waals surface area contributed by atoms with Crippen molar-refractivity contribution in [1.82, 2.24) is 14.7 Å². The second-order valence-corrected chi connectivity index (χ2v) is 11.1. The number of piperazine rings is 1. The van der Waals surface area contributed by atoms with Gasteiger partial charge in [0.1, 0.15) is 11.6 Å². The number of benzene rings is 3. The molecule has 0 aromatic heterocycles.